The predicted octanol–water partition coefficient (Wildman–Crippen LogP) is 1.09. The minimum absolute atomic E-state index is 0.158. The number of nitrogens with zero attached hydrogens (tertiary/aromatic N) is 1. The van der Waals surface area contributed by atoms with Crippen molar-refractivity contribution in [2.24, 2.45) is 0 Å². The fourth-order valence-corrected chi connectivity index (χ4v) is 2.08. The molecule has 0 aromatic heterocycles. The quantitative estimate of drug-likeness (QED) is 0.811. The highest BCUT2D eigenvalue weighted by atomic mass is 19.1. The van der Waals surface area contributed by atoms with E-state index in [1.54, 1.807) is 13.8 Å². The van der Waals surface area contributed by atoms with Gasteiger partial charge in [0.15, 0.2) is 0 Å². The van der Waals surface area contributed by atoms with Crippen LogP contribution in [0.25, 0.3) is 0 Å². The Hall–Kier alpha value is -1.91. The van der Waals surface area contributed by atoms with E-state index in [0.29, 0.717) is 24.2 Å². The van der Waals surface area contributed by atoms with Gasteiger partial charge in [0.2, 0.25) is 5.91 Å². The first kappa shape index (κ1) is 12.5. The molecule has 1 atom stereocenters. The van der Waals surface area contributed by atoms with Gasteiger partial charge in [0.05, 0.1) is 0 Å². The SMILES string of the molecule is Cc1cc(F)ccc1C(=O)N1CCNC(=O)C1C. The monoisotopic (exact) mass is 250 g/mol. The summed E-state index contributed by atoms with van der Waals surface area (Å²) >= 11 is 0. The molecule has 2 amide bonds. The predicted molar refractivity (Wildman–Crippen MR) is 64.6 cm³/mol. The first-order valence-corrected chi connectivity index (χ1v) is 5.85. The summed E-state index contributed by atoms with van der Waals surface area (Å²) in [5.41, 5.74) is 1.02. The fourth-order valence-electron chi connectivity index (χ4n) is 2.08. The highest BCUT2D eigenvalue weighted by Crippen LogP contribution is 2.15. The van der Waals surface area contributed by atoms with Crippen molar-refractivity contribution < 1.29 is 14.0 Å². The van der Waals surface area contributed by atoms with Crippen LogP contribution in [0, 0.1) is 12.7 Å². The largest absolute Gasteiger partial charge is 0.353 e. The highest BCUT2D eigenvalue weighted by molar-refractivity contribution is 5.99. The maximum atomic E-state index is 13.0. The van der Waals surface area contributed by atoms with Crippen molar-refractivity contribution in [2.45, 2.75) is 19.9 Å². The maximum absolute atomic E-state index is 13.0. The third kappa shape index (κ3) is 2.20. The average Bonchev–Trinajstić information content (AvgIpc) is 2.32. The summed E-state index contributed by atoms with van der Waals surface area (Å²) in [6.07, 6.45) is 0. The Morgan fingerprint density at radius 1 is 1.50 bits per heavy atom. The van der Waals surface area contributed by atoms with E-state index in [4.69, 9.17) is 0 Å². The minimum Gasteiger partial charge on any atom is -0.353 e. The molecule has 5 heteroatoms. The Bertz CT molecular complexity index is 502. The zero-order valence-electron chi connectivity index (χ0n) is 10.4. The van der Waals surface area contributed by atoms with Crippen molar-refractivity contribution in [3.63, 3.8) is 0 Å². The van der Waals surface area contributed by atoms with Gasteiger partial charge in [-0.1, -0.05) is 0 Å². The van der Waals surface area contributed by atoms with E-state index in [1.165, 1.54) is 23.1 Å². The molecule has 1 N–H and O–H groups in total. The summed E-state index contributed by atoms with van der Waals surface area (Å²) in [7, 11) is 0. The van der Waals surface area contributed by atoms with E-state index < -0.39 is 6.04 Å². The van der Waals surface area contributed by atoms with Gasteiger partial charge in [-0.15, -0.1) is 0 Å². The van der Waals surface area contributed by atoms with E-state index >= 15 is 0 Å². The fraction of sp³-hybridized carbons (Fsp3) is 0.385. The van der Waals surface area contributed by atoms with Gasteiger partial charge in [0, 0.05) is 18.7 Å². The Morgan fingerprint density at radius 2 is 2.22 bits per heavy atom. The lowest BCUT2D eigenvalue weighted by atomic mass is 10.1. The summed E-state index contributed by atoms with van der Waals surface area (Å²) in [4.78, 5) is 25.3. The molecule has 0 spiro atoms. The van der Waals surface area contributed by atoms with Gasteiger partial charge < -0.3 is 10.2 Å². The molecule has 1 aromatic carbocycles. The van der Waals surface area contributed by atoms with E-state index in [9.17, 15) is 14.0 Å². The molecule has 96 valence electrons. The lowest BCUT2D eigenvalue weighted by Gasteiger charge is -2.33. The second kappa shape index (κ2) is 4.76. The Labute approximate surface area is 105 Å². The second-order valence-electron chi connectivity index (χ2n) is 4.42. The van der Waals surface area contributed by atoms with Gasteiger partial charge in [-0.25, -0.2) is 4.39 Å². The average molecular weight is 250 g/mol. The Morgan fingerprint density at radius 3 is 2.89 bits per heavy atom. The first-order chi connectivity index (χ1) is 8.50. The molecule has 0 aliphatic carbocycles. The van der Waals surface area contributed by atoms with E-state index in [1.807, 2.05) is 0 Å². The van der Waals surface area contributed by atoms with Crippen molar-refractivity contribution in [1.29, 1.82) is 0 Å². The molecule has 1 heterocycles. The number of amides is 2. The van der Waals surface area contributed by atoms with Gasteiger partial charge in [-0.2, -0.15) is 0 Å². The van der Waals surface area contributed by atoms with E-state index in [0.717, 1.165) is 0 Å². The molecule has 0 radical (unpaired) electrons. The van der Waals surface area contributed by atoms with Crippen LogP contribution in [-0.4, -0.2) is 35.8 Å². The van der Waals surface area contributed by atoms with Crippen LogP contribution in [0.2, 0.25) is 0 Å². The van der Waals surface area contributed by atoms with Crippen LogP contribution >= 0.6 is 0 Å². The number of nitrogens with one attached hydrogen (secondary N) is 1. The van der Waals surface area contributed by atoms with Gasteiger partial charge in [-0.05, 0) is 37.6 Å². The molecular formula is C13H15FN2O2. The summed E-state index contributed by atoms with van der Waals surface area (Å²) in [5, 5.41) is 2.70. The van der Waals surface area contributed by atoms with Crippen molar-refractivity contribution >= 4 is 11.8 Å². The molecule has 2 rings (SSSR count). The molecule has 1 aromatic rings. The van der Waals surface area contributed by atoms with Gasteiger partial charge in [0.25, 0.3) is 5.91 Å². The van der Waals surface area contributed by atoms with Crippen LogP contribution in [0.4, 0.5) is 4.39 Å². The van der Waals surface area contributed by atoms with Crippen molar-refractivity contribution in [3.8, 4) is 0 Å². The summed E-state index contributed by atoms with van der Waals surface area (Å²) in [6, 6.07) is 3.55. The van der Waals surface area contributed by atoms with Gasteiger partial charge >= 0.3 is 0 Å². The third-order valence-electron chi connectivity index (χ3n) is 3.18. The number of hydrogen-bond donors (Lipinski definition) is 1. The van der Waals surface area contributed by atoms with E-state index in [2.05, 4.69) is 5.32 Å². The summed E-state index contributed by atoms with van der Waals surface area (Å²) in [5.74, 6) is -0.752. The highest BCUT2D eigenvalue weighted by Gasteiger charge is 2.30. The smallest absolute Gasteiger partial charge is 0.254 e. The zero-order chi connectivity index (χ0) is 13.3. The number of hydrogen-bond acceptors (Lipinski definition) is 2. The zero-order valence-corrected chi connectivity index (χ0v) is 10.4. The Balaban J connectivity index is 2.28. The first-order valence-electron chi connectivity index (χ1n) is 5.85. The summed E-state index contributed by atoms with van der Waals surface area (Å²) < 4.78 is 13.0. The lowest BCUT2D eigenvalue weighted by molar-refractivity contribution is -0.127. The lowest BCUT2D eigenvalue weighted by Crippen LogP contribution is -2.55. The van der Waals surface area contributed by atoms with Crippen molar-refractivity contribution in [3.05, 3.63) is 35.1 Å². The molecule has 4 nitrogen and oxygen atoms in total. The van der Waals surface area contributed by atoms with E-state index in [-0.39, 0.29) is 17.6 Å². The molecule has 1 aliphatic rings. The molecule has 1 fully saturated rings. The number of aryl methyl sites for hydroxylation is 1. The van der Waals surface area contributed by atoms with Crippen molar-refractivity contribution in [2.75, 3.05) is 13.1 Å². The minimum atomic E-state index is -0.490. The van der Waals surface area contributed by atoms with Gasteiger partial charge in [0.1, 0.15) is 11.9 Å². The third-order valence-corrected chi connectivity index (χ3v) is 3.18. The van der Waals surface area contributed by atoms with Crippen LogP contribution in [0.3, 0.4) is 0 Å². The number of carbonyl (C=O) groups is 2. The molecule has 0 saturated carbocycles. The van der Waals surface area contributed by atoms with Gasteiger partial charge in [-0.3, -0.25) is 9.59 Å². The van der Waals surface area contributed by atoms with Crippen LogP contribution < -0.4 is 5.32 Å². The van der Waals surface area contributed by atoms with Crippen molar-refractivity contribution in [1.82, 2.24) is 10.2 Å². The van der Waals surface area contributed by atoms with Crippen LogP contribution in [-0.2, 0) is 4.79 Å². The number of halogens is 1. The molecule has 18 heavy (non-hydrogen) atoms. The normalized spacial score (nSPS) is 19.6. The molecule has 1 unspecified atom stereocenters. The Kier molecular flexibility index (Phi) is 3.32. The number of benzene rings is 1. The van der Waals surface area contributed by atoms with Crippen LogP contribution in [0.5, 0.6) is 0 Å². The maximum Gasteiger partial charge on any atom is 0.254 e. The van der Waals surface area contributed by atoms with Crippen LogP contribution in [0.15, 0.2) is 18.2 Å². The topological polar surface area (TPSA) is 49.4 Å². The number of piperazine rings is 1. The van der Waals surface area contributed by atoms with Crippen LogP contribution in [0.1, 0.15) is 22.8 Å². The molecular weight excluding hydrogens is 235 g/mol. The molecule has 1 aliphatic heterocycles. The number of rotatable bonds is 1. The second-order valence-corrected chi connectivity index (χ2v) is 4.42. The molecule has 0 bridgehead atoms. The summed E-state index contributed by atoms with van der Waals surface area (Å²) in [6.45, 7) is 4.30. The molecule has 1 saturated heterocycles. The number of carbonyl (C=O) groups excluding carboxylic acids is 2. The standard InChI is InChI=1S/C13H15FN2O2/c1-8-7-10(14)3-4-11(8)13(18)16-6-5-15-12(17)9(16)2/h3-4,7,9H,5-6H2,1-2H3,(H,15,17).